The van der Waals surface area contributed by atoms with Gasteiger partial charge in [-0.25, -0.2) is 0 Å². The van der Waals surface area contributed by atoms with E-state index in [1.807, 2.05) is 20.8 Å². The summed E-state index contributed by atoms with van der Waals surface area (Å²) in [5.74, 6) is 1.06. The van der Waals surface area contributed by atoms with Gasteiger partial charge in [0.15, 0.2) is 11.7 Å². The number of allylic oxidation sites excluding steroid dienone is 6. The molecule has 2 fully saturated rings. The van der Waals surface area contributed by atoms with Gasteiger partial charge in [-0.05, 0) is 102 Å². The van der Waals surface area contributed by atoms with Crippen molar-refractivity contribution >= 4 is 0 Å². The van der Waals surface area contributed by atoms with E-state index >= 15 is 0 Å². The number of halogens is 2. The molecule has 2 nitrogen and oxygen atoms in total. The summed E-state index contributed by atoms with van der Waals surface area (Å²) >= 11 is 0. The van der Waals surface area contributed by atoms with Gasteiger partial charge in [0, 0.05) is 0 Å². The van der Waals surface area contributed by atoms with Gasteiger partial charge >= 0.3 is 0 Å². The molecule has 0 spiro atoms. The van der Waals surface area contributed by atoms with Crippen molar-refractivity contribution in [2.24, 2.45) is 23.7 Å². The molecule has 0 aromatic carbocycles. The Bertz CT molecular complexity index is 578. The molecule has 31 heavy (non-hydrogen) atoms. The van der Waals surface area contributed by atoms with Crippen molar-refractivity contribution in [1.82, 2.24) is 0 Å². The summed E-state index contributed by atoms with van der Waals surface area (Å²) in [5, 5.41) is 0. The highest BCUT2D eigenvalue weighted by atomic mass is 19.2. The van der Waals surface area contributed by atoms with Gasteiger partial charge in [0.25, 0.3) is 0 Å². The molecule has 0 radical (unpaired) electrons. The van der Waals surface area contributed by atoms with E-state index in [0.29, 0.717) is 19.1 Å². The smallest absolute Gasteiger partial charge is 0.199 e. The molecule has 2 saturated carbocycles. The van der Waals surface area contributed by atoms with Gasteiger partial charge in [-0.1, -0.05) is 32.9 Å². The lowest BCUT2D eigenvalue weighted by Crippen LogP contribution is -2.26. The number of hydrogen-bond donors (Lipinski definition) is 0. The van der Waals surface area contributed by atoms with Crippen molar-refractivity contribution < 1.29 is 18.3 Å². The van der Waals surface area contributed by atoms with Crippen LogP contribution in [-0.4, -0.2) is 13.2 Å². The van der Waals surface area contributed by atoms with Crippen LogP contribution in [0.5, 0.6) is 0 Å². The van der Waals surface area contributed by atoms with Crippen molar-refractivity contribution in [2.45, 2.75) is 99.3 Å². The van der Waals surface area contributed by atoms with Crippen molar-refractivity contribution in [3.8, 4) is 0 Å². The first-order chi connectivity index (χ1) is 15.0. The maximum Gasteiger partial charge on any atom is 0.199 e. The second kappa shape index (κ2) is 15.5. The zero-order chi connectivity index (χ0) is 23.2. The Kier molecular flexibility index (Phi) is 13.8. The minimum absolute atomic E-state index is 0.0167. The molecular weight excluding hydrogens is 394 g/mol. The Morgan fingerprint density at radius 3 is 1.77 bits per heavy atom. The van der Waals surface area contributed by atoms with E-state index in [1.54, 1.807) is 0 Å². The minimum atomic E-state index is -0.951. The molecule has 0 amide bonds. The first kappa shape index (κ1) is 27.7. The molecule has 0 heterocycles. The van der Waals surface area contributed by atoms with Gasteiger partial charge in [0.2, 0.25) is 0 Å². The second-order valence-corrected chi connectivity index (χ2v) is 8.88. The lowest BCUT2D eigenvalue weighted by atomic mass is 9.69. The lowest BCUT2D eigenvalue weighted by molar-refractivity contribution is 0.0990. The third kappa shape index (κ3) is 9.37. The van der Waals surface area contributed by atoms with Crippen LogP contribution in [0.25, 0.3) is 0 Å². The maximum absolute atomic E-state index is 14.3. The molecule has 2 aliphatic rings. The van der Waals surface area contributed by atoms with Crippen molar-refractivity contribution in [3.63, 3.8) is 0 Å². The summed E-state index contributed by atoms with van der Waals surface area (Å²) in [6.07, 6.45) is 15.5. The SMILES string of the molecule is C/C=C/C1CCC(C2CCC(CO/C(C)=C(F)/C(F)=C(\C)OCCC)CC2)CC1.CC. The Balaban J connectivity index is 0.00000233. The highest BCUT2D eigenvalue weighted by Crippen LogP contribution is 2.41. The van der Waals surface area contributed by atoms with Crippen molar-refractivity contribution in [3.05, 3.63) is 35.3 Å². The van der Waals surface area contributed by atoms with Crippen LogP contribution in [-0.2, 0) is 9.47 Å². The summed E-state index contributed by atoms with van der Waals surface area (Å²) in [6, 6.07) is 0. The van der Waals surface area contributed by atoms with Crippen molar-refractivity contribution in [2.75, 3.05) is 13.2 Å². The fourth-order valence-corrected chi connectivity index (χ4v) is 4.84. The van der Waals surface area contributed by atoms with Gasteiger partial charge in [-0.2, -0.15) is 8.78 Å². The Morgan fingerprint density at radius 2 is 1.29 bits per heavy atom. The van der Waals surface area contributed by atoms with E-state index < -0.39 is 11.7 Å². The predicted octanol–water partition coefficient (Wildman–Crippen LogP) is 9.05. The summed E-state index contributed by atoms with van der Waals surface area (Å²) in [4.78, 5) is 0. The highest BCUT2D eigenvalue weighted by Gasteiger charge is 2.30. The van der Waals surface area contributed by atoms with E-state index in [-0.39, 0.29) is 11.5 Å². The largest absolute Gasteiger partial charge is 0.495 e. The molecule has 0 aromatic rings. The molecule has 0 unspecified atom stereocenters. The van der Waals surface area contributed by atoms with Crippen LogP contribution >= 0.6 is 0 Å². The average molecular weight is 441 g/mol. The summed E-state index contributed by atoms with van der Waals surface area (Å²) in [6.45, 7) is 11.8. The highest BCUT2D eigenvalue weighted by molar-refractivity contribution is 5.23. The standard InChI is InChI=1S/C25H40F2O2.C2H6/c1-5-7-20-8-12-22(13-9-20)23-14-10-21(11-15-23)17-29-19(4)25(27)24(26)18(3)28-16-6-2;1-2/h5,7,20-23H,6,8-17H2,1-4H3;1-2H3/b7-5+,24-18-,25-19-;. The minimum Gasteiger partial charge on any atom is -0.495 e. The average Bonchev–Trinajstić information content (AvgIpc) is 2.82. The molecule has 2 rings (SSSR count). The van der Waals surface area contributed by atoms with E-state index in [0.717, 1.165) is 37.0 Å². The first-order valence-electron chi connectivity index (χ1n) is 12.6. The lowest BCUT2D eigenvalue weighted by Gasteiger charge is -2.37. The normalized spacial score (nSPS) is 28.3. The monoisotopic (exact) mass is 440 g/mol. The third-order valence-corrected chi connectivity index (χ3v) is 6.71. The van der Waals surface area contributed by atoms with Crippen LogP contribution < -0.4 is 0 Å². The molecule has 4 heteroatoms. The van der Waals surface area contributed by atoms with Crippen molar-refractivity contribution in [1.29, 1.82) is 0 Å². The molecular formula is C27H46F2O2. The van der Waals surface area contributed by atoms with Gasteiger partial charge in [0.1, 0.15) is 11.5 Å². The van der Waals surface area contributed by atoms with E-state index in [1.165, 1.54) is 52.4 Å². The van der Waals surface area contributed by atoms with Gasteiger partial charge in [0.05, 0.1) is 13.2 Å². The summed E-state index contributed by atoms with van der Waals surface area (Å²) in [7, 11) is 0. The molecule has 0 atom stereocenters. The number of rotatable bonds is 9. The van der Waals surface area contributed by atoms with E-state index in [2.05, 4.69) is 19.1 Å². The molecule has 0 bridgehead atoms. The van der Waals surface area contributed by atoms with Crippen LogP contribution in [0, 0.1) is 23.7 Å². The van der Waals surface area contributed by atoms with Gasteiger partial charge in [-0.3, -0.25) is 0 Å². The topological polar surface area (TPSA) is 18.5 Å². The van der Waals surface area contributed by atoms with Gasteiger partial charge in [-0.15, -0.1) is 0 Å². The summed E-state index contributed by atoms with van der Waals surface area (Å²) in [5.41, 5.74) is 0. The maximum atomic E-state index is 14.3. The fourth-order valence-electron chi connectivity index (χ4n) is 4.84. The van der Waals surface area contributed by atoms with E-state index in [9.17, 15) is 8.78 Å². The van der Waals surface area contributed by atoms with Crippen LogP contribution in [0.15, 0.2) is 35.3 Å². The predicted molar refractivity (Wildman–Crippen MR) is 127 cm³/mol. The molecule has 0 aliphatic heterocycles. The number of hydrogen-bond acceptors (Lipinski definition) is 2. The zero-order valence-corrected chi connectivity index (χ0v) is 20.8. The van der Waals surface area contributed by atoms with Crippen LogP contribution in [0.3, 0.4) is 0 Å². The van der Waals surface area contributed by atoms with Crippen LogP contribution in [0.1, 0.15) is 99.3 Å². The van der Waals surface area contributed by atoms with Crippen LogP contribution in [0.2, 0.25) is 0 Å². The molecule has 0 N–H and O–H groups in total. The fraction of sp³-hybridized carbons (Fsp3) is 0.778. The van der Waals surface area contributed by atoms with Crippen LogP contribution in [0.4, 0.5) is 8.78 Å². The molecule has 0 aromatic heterocycles. The van der Waals surface area contributed by atoms with Gasteiger partial charge < -0.3 is 9.47 Å². The Labute approximate surface area is 190 Å². The Morgan fingerprint density at radius 1 is 0.806 bits per heavy atom. The quantitative estimate of drug-likeness (QED) is 0.202. The van der Waals surface area contributed by atoms with E-state index in [4.69, 9.17) is 9.47 Å². The Hall–Kier alpha value is -1.32. The summed E-state index contributed by atoms with van der Waals surface area (Å²) < 4.78 is 39.1. The number of ether oxygens (including phenoxy) is 2. The molecule has 2 aliphatic carbocycles. The molecule has 0 saturated heterocycles. The zero-order valence-electron chi connectivity index (χ0n) is 20.8. The first-order valence-corrected chi connectivity index (χ1v) is 12.6. The third-order valence-electron chi connectivity index (χ3n) is 6.71. The second-order valence-electron chi connectivity index (χ2n) is 8.88. The molecule has 180 valence electrons.